The molecule has 2 aromatic carbocycles. The third-order valence-electron chi connectivity index (χ3n) is 5.26. The molecule has 0 saturated carbocycles. The van der Waals surface area contributed by atoms with Crippen molar-refractivity contribution in [3.63, 3.8) is 0 Å². The Kier molecular flexibility index (Phi) is 9.78. The van der Waals surface area contributed by atoms with Gasteiger partial charge in [-0.2, -0.15) is 5.10 Å². The van der Waals surface area contributed by atoms with Gasteiger partial charge < -0.3 is 19.1 Å². The lowest BCUT2D eigenvalue weighted by Crippen LogP contribution is -2.43. The maximum atomic E-state index is 12.3. The van der Waals surface area contributed by atoms with E-state index in [1.54, 1.807) is 23.1 Å². The predicted octanol–water partition coefficient (Wildman–Crippen LogP) is 3.95. The van der Waals surface area contributed by atoms with Crippen molar-refractivity contribution in [1.29, 1.82) is 0 Å². The predicted molar refractivity (Wildman–Crippen MR) is 145 cm³/mol. The molecule has 0 spiro atoms. The van der Waals surface area contributed by atoms with Crippen LogP contribution in [0.2, 0.25) is 5.02 Å². The molecule has 2 amide bonds. The minimum Gasteiger partial charge on any atom is -0.493 e. The standard InChI is InChI=1S/C25H25ClN4O5S2/c1-33-22-12-17(2-7-21(22)35-14-24(32)30-8-10-34-11-9-30)13-27-29-23(31)16-37-25-28-20(15-36-25)18-3-5-19(26)6-4-18/h2-7,12-13,15H,8-11,14,16H2,1H3,(H,29,31)/b27-13+. The molecule has 1 fully saturated rings. The number of amides is 2. The summed E-state index contributed by atoms with van der Waals surface area (Å²) in [5, 5.41) is 6.64. The number of hydrogen-bond donors (Lipinski definition) is 1. The van der Waals surface area contributed by atoms with Crippen LogP contribution < -0.4 is 14.9 Å². The van der Waals surface area contributed by atoms with E-state index in [1.165, 1.54) is 36.4 Å². The minimum absolute atomic E-state index is 0.0855. The smallest absolute Gasteiger partial charge is 0.260 e. The molecule has 0 radical (unpaired) electrons. The van der Waals surface area contributed by atoms with Crippen molar-refractivity contribution in [2.75, 3.05) is 45.8 Å². The number of nitrogens with zero attached hydrogens (tertiary/aromatic N) is 3. The van der Waals surface area contributed by atoms with Crippen molar-refractivity contribution in [2.45, 2.75) is 4.34 Å². The highest BCUT2D eigenvalue weighted by Gasteiger charge is 2.18. The maximum Gasteiger partial charge on any atom is 0.260 e. The lowest BCUT2D eigenvalue weighted by molar-refractivity contribution is -0.137. The van der Waals surface area contributed by atoms with Crippen molar-refractivity contribution in [2.24, 2.45) is 5.10 Å². The van der Waals surface area contributed by atoms with Gasteiger partial charge in [0.2, 0.25) is 0 Å². The molecule has 2 heterocycles. The first-order valence-electron chi connectivity index (χ1n) is 11.3. The quantitative estimate of drug-likeness (QED) is 0.227. The van der Waals surface area contributed by atoms with E-state index in [1.807, 2.05) is 29.6 Å². The number of halogens is 1. The van der Waals surface area contributed by atoms with Gasteiger partial charge in [-0.05, 0) is 35.9 Å². The highest BCUT2D eigenvalue weighted by atomic mass is 35.5. The molecule has 12 heteroatoms. The number of thiazole rings is 1. The highest BCUT2D eigenvalue weighted by molar-refractivity contribution is 8.01. The van der Waals surface area contributed by atoms with Crippen LogP contribution in [-0.2, 0) is 14.3 Å². The summed E-state index contributed by atoms with van der Waals surface area (Å²) in [7, 11) is 1.52. The molecule has 1 aliphatic heterocycles. The number of morpholine rings is 1. The molecule has 0 bridgehead atoms. The van der Waals surface area contributed by atoms with Gasteiger partial charge in [-0.1, -0.05) is 35.5 Å². The van der Waals surface area contributed by atoms with E-state index < -0.39 is 0 Å². The summed E-state index contributed by atoms with van der Waals surface area (Å²) in [6.07, 6.45) is 1.51. The summed E-state index contributed by atoms with van der Waals surface area (Å²) in [5.74, 6) is 0.732. The molecule has 0 aliphatic carbocycles. The zero-order chi connectivity index (χ0) is 26.0. The zero-order valence-corrected chi connectivity index (χ0v) is 22.4. The number of nitrogens with one attached hydrogen (secondary N) is 1. The number of methoxy groups -OCH3 is 1. The van der Waals surface area contributed by atoms with E-state index >= 15 is 0 Å². The van der Waals surface area contributed by atoms with Crippen LogP contribution in [0.4, 0.5) is 0 Å². The van der Waals surface area contributed by atoms with Crippen LogP contribution in [-0.4, -0.2) is 73.7 Å². The molecule has 4 rings (SSSR count). The lowest BCUT2D eigenvalue weighted by Gasteiger charge is -2.26. The first kappa shape index (κ1) is 26.9. The second kappa shape index (κ2) is 13.4. The number of hydrogen-bond acceptors (Lipinski definition) is 9. The number of rotatable bonds is 10. The summed E-state index contributed by atoms with van der Waals surface area (Å²) in [6.45, 7) is 2.11. The van der Waals surface area contributed by atoms with Crippen molar-refractivity contribution < 1.29 is 23.8 Å². The fraction of sp³-hybridized carbons (Fsp3) is 0.280. The van der Waals surface area contributed by atoms with Crippen LogP contribution in [0.5, 0.6) is 11.5 Å². The first-order chi connectivity index (χ1) is 18.0. The fourth-order valence-corrected chi connectivity index (χ4v) is 5.10. The average Bonchev–Trinajstić information content (AvgIpc) is 3.41. The Balaban J connectivity index is 1.24. The van der Waals surface area contributed by atoms with Crippen molar-refractivity contribution in [3.05, 3.63) is 58.4 Å². The number of aromatic nitrogens is 1. The van der Waals surface area contributed by atoms with E-state index in [9.17, 15) is 9.59 Å². The van der Waals surface area contributed by atoms with Crippen LogP contribution in [0.1, 0.15) is 5.56 Å². The van der Waals surface area contributed by atoms with E-state index in [2.05, 4.69) is 15.5 Å². The number of carbonyl (C=O) groups is 2. The highest BCUT2D eigenvalue weighted by Crippen LogP contribution is 2.29. The molecule has 0 unspecified atom stereocenters. The monoisotopic (exact) mass is 560 g/mol. The Morgan fingerprint density at radius 2 is 2.00 bits per heavy atom. The molecule has 1 aliphatic rings. The largest absolute Gasteiger partial charge is 0.493 e. The van der Waals surface area contributed by atoms with Gasteiger partial charge in [0.05, 0.1) is 38.0 Å². The van der Waals surface area contributed by atoms with Crippen molar-refractivity contribution in [3.8, 4) is 22.8 Å². The molecule has 0 atom stereocenters. The van der Waals surface area contributed by atoms with Crippen LogP contribution in [0.25, 0.3) is 11.3 Å². The third-order valence-corrected chi connectivity index (χ3v) is 7.53. The number of thioether (sulfide) groups is 1. The van der Waals surface area contributed by atoms with Gasteiger partial charge in [-0.3, -0.25) is 9.59 Å². The molecule has 1 N–H and O–H groups in total. The number of carbonyl (C=O) groups excluding carboxylic acids is 2. The molecule has 9 nitrogen and oxygen atoms in total. The topological polar surface area (TPSA) is 102 Å². The van der Waals surface area contributed by atoms with Gasteiger partial charge in [-0.25, -0.2) is 10.4 Å². The molecule has 37 heavy (non-hydrogen) atoms. The SMILES string of the molecule is COc1cc(/C=N/NC(=O)CSc2nc(-c3ccc(Cl)cc3)cs2)ccc1OCC(=O)N1CCOCC1. The molecular weight excluding hydrogens is 536 g/mol. The normalized spacial score (nSPS) is 13.5. The summed E-state index contributed by atoms with van der Waals surface area (Å²) < 4.78 is 17.1. The first-order valence-corrected chi connectivity index (χ1v) is 13.6. The van der Waals surface area contributed by atoms with Crippen molar-refractivity contribution >= 4 is 52.7 Å². The van der Waals surface area contributed by atoms with E-state index in [0.717, 1.165) is 15.6 Å². The molecule has 1 aromatic heterocycles. The number of benzene rings is 2. The van der Waals surface area contributed by atoms with Crippen LogP contribution in [0.15, 0.2) is 57.3 Å². The van der Waals surface area contributed by atoms with Gasteiger partial charge in [0.1, 0.15) is 0 Å². The van der Waals surface area contributed by atoms with Crippen LogP contribution in [0.3, 0.4) is 0 Å². The molecule has 1 saturated heterocycles. The fourth-order valence-electron chi connectivity index (χ4n) is 3.34. The summed E-state index contributed by atoms with van der Waals surface area (Å²) in [4.78, 5) is 30.8. The third kappa shape index (κ3) is 7.93. The lowest BCUT2D eigenvalue weighted by atomic mass is 10.2. The van der Waals surface area contributed by atoms with Crippen LogP contribution >= 0.6 is 34.7 Å². The Morgan fingerprint density at radius 1 is 1.22 bits per heavy atom. The van der Waals surface area contributed by atoms with Gasteiger partial charge in [0.25, 0.3) is 11.8 Å². The molecule has 3 aromatic rings. The van der Waals surface area contributed by atoms with Gasteiger partial charge in [0.15, 0.2) is 22.4 Å². The van der Waals surface area contributed by atoms with Gasteiger partial charge in [0, 0.05) is 29.1 Å². The summed E-state index contributed by atoms with van der Waals surface area (Å²) in [5.41, 5.74) is 5.02. The van der Waals surface area contributed by atoms with Crippen LogP contribution in [0, 0.1) is 0 Å². The van der Waals surface area contributed by atoms with Gasteiger partial charge in [-0.15, -0.1) is 11.3 Å². The zero-order valence-electron chi connectivity index (χ0n) is 20.0. The summed E-state index contributed by atoms with van der Waals surface area (Å²) in [6, 6.07) is 12.6. The number of hydrazone groups is 1. The van der Waals surface area contributed by atoms with E-state index in [4.69, 9.17) is 25.8 Å². The van der Waals surface area contributed by atoms with E-state index in [-0.39, 0.29) is 24.2 Å². The Labute approximate surface area is 227 Å². The average molecular weight is 561 g/mol. The van der Waals surface area contributed by atoms with E-state index in [0.29, 0.717) is 48.4 Å². The Morgan fingerprint density at radius 3 is 2.76 bits per heavy atom. The minimum atomic E-state index is -0.252. The Hall–Kier alpha value is -3.12. The molecular formula is C25H25ClN4O5S2. The Bertz CT molecular complexity index is 1250. The van der Waals surface area contributed by atoms with Gasteiger partial charge >= 0.3 is 0 Å². The van der Waals surface area contributed by atoms with Crippen molar-refractivity contribution in [1.82, 2.24) is 15.3 Å². The second-order valence-corrected chi connectivity index (χ2v) is 10.3. The molecule has 194 valence electrons. The summed E-state index contributed by atoms with van der Waals surface area (Å²) >= 11 is 8.75. The maximum absolute atomic E-state index is 12.3. The second-order valence-electron chi connectivity index (χ2n) is 7.78. The number of ether oxygens (including phenoxy) is 3.